The van der Waals surface area contributed by atoms with E-state index in [4.69, 9.17) is 14.5 Å². The molecule has 0 radical (unpaired) electrons. The minimum Gasteiger partial charge on any atom is -0.460 e. The van der Waals surface area contributed by atoms with Gasteiger partial charge in [-0.15, -0.1) is 0 Å². The predicted octanol–water partition coefficient (Wildman–Crippen LogP) is 2.28. The molecule has 1 aliphatic heterocycles. The lowest BCUT2D eigenvalue weighted by Crippen LogP contribution is -2.44. The van der Waals surface area contributed by atoms with Crippen LogP contribution in [0.1, 0.15) is 38.2 Å². The highest BCUT2D eigenvalue weighted by molar-refractivity contribution is 5.78. The van der Waals surface area contributed by atoms with Crippen molar-refractivity contribution in [2.75, 3.05) is 38.8 Å². The third-order valence-electron chi connectivity index (χ3n) is 6.36. The van der Waals surface area contributed by atoms with Crippen LogP contribution in [0.2, 0.25) is 0 Å². The smallest absolute Gasteiger partial charge is 0.322 e. The Labute approximate surface area is 194 Å². The second-order valence-corrected chi connectivity index (χ2v) is 9.04. The summed E-state index contributed by atoms with van der Waals surface area (Å²) in [6, 6.07) is 7.97. The summed E-state index contributed by atoms with van der Waals surface area (Å²) in [5.41, 5.74) is 1.66. The molecule has 2 heterocycles. The van der Waals surface area contributed by atoms with Gasteiger partial charge in [-0.2, -0.15) is 15.0 Å². The number of hydrogen-bond acceptors (Lipinski definition) is 8. The Hall–Kier alpha value is -2.78. The van der Waals surface area contributed by atoms with Crippen molar-refractivity contribution in [3.05, 3.63) is 29.8 Å². The van der Waals surface area contributed by atoms with Crippen molar-refractivity contribution in [2.24, 2.45) is 5.92 Å². The second-order valence-electron chi connectivity index (χ2n) is 9.04. The minimum atomic E-state index is -0.0295. The fraction of sp³-hybridized carbons (Fsp3) is 0.583. The number of benzene rings is 1. The Kier molecular flexibility index (Phi) is 7.39. The van der Waals surface area contributed by atoms with E-state index in [1.807, 2.05) is 24.3 Å². The number of aliphatic hydroxyl groups is 1. The Morgan fingerprint density at radius 1 is 1.15 bits per heavy atom. The zero-order chi connectivity index (χ0) is 23.4. The van der Waals surface area contributed by atoms with Crippen LogP contribution in [0.4, 0.5) is 5.95 Å². The monoisotopic (exact) mass is 455 g/mol. The van der Waals surface area contributed by atoms with Crippen molar-refractivity contribution in [3.8, 4) is 17.4 Å². The standard InChI is InChI=1S/C24H33N5O4/c1-16-15-32-13-12-29(16)23-25-21(18-6-4-17(14-30)5-7-18)26-24(27-23)33-20-10-8-19(9-11-20)22(31)28(2)3/h4-7,16,19-20,30H,8-15H2,1-3H3/t16-,19?,20?/m0/s1. The Balaban J connectivity index is 1.56. The number of ether oxygens (including phenoxy) is 2. The van der Waals surface area contributed by atoms with Gasteiger partial charge in [-0.05, 0) is 38.2 Å². The van der Waals surface area contributed by atoms with Gasteiger partial charge in [0.2, 0.25) is 11.9 Å². The maximum atomic E-state index is 12.3. The third kappa shape index (κ3) is 5.59. The van der Waals surface area contributed by atoms with Crippen molar-refractivity contribution in [2.45, 2.75) is 51.4 Å². The van der Waals surface area contributed by atoms with Crippen molar-refractivity contribution < 1.29 is 19.4 Å². The molecule has 1 saturated carbocycles. The maximum absolute atomic E-state index is 12.3. The Morgan fingerprint density at radius 2 is 1.88 bits per heavy atom. The van der Waals surface area contributed by atoms with Crippen molar-refractivity contribution in [1.29, 1.82) is 0 Å². The molecule has 1 aromatic heterocycles. The molecule has 1 aromatic carbocycles. The molecule has 1 atom stereocenters. The molecule has 1 amide bonds. The van der Waals surface area contributed by atoms with Crippen LogP contribution in [0.15, 0.2) is 24.3 Å². The van der Waals surface area contributed by atoms with Gasteiger partial charge < -0.3 is 24.4 Å². The van der Waals surface area contributed by atoms with Gasteiger partial charge >= 0.3 is 6.01 Å². The number of carbonyl (C=O) groups is 1. The van der Waals surface area contributed by atoms with Gasteiger partial charge in [-0.3, -0.25) is 4.79 Å². The molecule has 0 bridgehead atoms. The van der Waals surface area contributed by atoms with Crippen LogP contribution in [0, 0.1) is 5.92 Å². The van der Waals surface area contributed by atoms with E-state index in [0.29, 0.717) is 37.5 Å². The van der Waals surface area contributed by atoms with Crippen LogP contribution < -0.4 is 9.64 Å². The van der Waals surface area contributed by atoms with E-state index in [-0.39, 0.29) is 30.6 Å². The molecule has 2 aliphatic rings. The van der Waals surface area contributed by atoms with Crippen LogP contribution in [0.3, 0.4) is 0 Å². The number of aliphatic hydroxyl groups excluding tert-OH is 1. The second kappa shape index (κ2) is 10.4. The van der Waals surface area contributed by atoms with E-state index in [0.717, 1.165) is 36.8 Å². The summed E-state index contributed by atoms with van der Waals surface area (Å²) in [4.78, 5) is 30.1. The van der Waals surface area contributed by atoms with Crippen molar-refractivity contribution in [3.63, 3.8) is 0 Å². The molecule has 9 heteroatoms. The average Bonchev–Trinajstić information content (AvgIpc) is 2.84. The molecule has 1 aliphatic carbocycles. The van der Waals surface area contributed by atoms with Gasteiger partial charge in [0.1, 0.15) is 6.10 Å². The zero-order valence-corrected chi connectivity index (χ0v) is 19.6. The third-order valence-corrected chi connectivity index (χ3v) is 6.36. The fourth-order valence-corrected chi connectivity index (χ4v) is 4.38. The highest BCUT2D eigenvalue weighted by Crippen LogP contribution is 2.29. The zero-order valence-electron chi connectivity index (χ0n) is 19.6. The van der Waals surface area contributed by atoms with E-state index in [9.17, 15) is 9.90 Å². The number of rotatable bonds is 6. The summed E-state index contributed by atoms with van der Waals surface area (Å²) in [6.45, 7) is 4.01. The first-order chi connectivity index (χ1) is 15.9. The van der Waals surface area contributed by atoms with Gasteiger partial charge in [0.25, 0.3) is 0 Å². The quantitative estimate of drug-likeness (QED) is 0.708. The molecule has 1 saturated heterocycles. The molecule has 0 spiro atoms. The van der Waals surface area contributed by atoms with Gasteiger partial charge in [-0.25, -0.2) is 0 Å². The van der Waals surface area contributed by atoms with Gasteiger partial charge in [0.05, 0.1) is 25.9 Å². The Bertz CT molecular complexity index is 944. The van der Waals surface area contributed by atoms with E-state index in [1.165, 1.54) is 0 Å². The predicted molar refractivity (Wildman–Crippen MR) is 124 cm³/mol. The molecule has 0 unspecified atom stereocenters. The van der Waals surface area contributed by atoms with Gasteiger partial charge in [0.15, 0.2) is 5.82 Å². The van der Waals surface area contributed by atoms with E-state index in [1.54, 1.807) is 19.0 Å². The van der Waals surface area contributed by atoms with Gasteiger partial charge in [0, 0.05) is 32.1 Å². The largest absolute Gasteiger partial charge is 0.460 e. The SMILES string of the molecule is C[C@H]1COCCN1c1nc(OC2CCC(C(=O)N(C)C)CC2)nc(-c2ccc(CO)cc2)n1. The Morgan fingerprint density at radius 3 is 2.52 bits per heavy atom. The first-order valence-corrected chi connectivity index (χ1v) is 11.6. The molecule has 1 N–H and O–H groups in total. The van der Waals surface area contributed by atoms with E-state index >= 15 is 0 Å². The molecular formula is C24H33N5O4. The highest BCUT2D eigenvalue weighted by Gasteiger charge is 2.29. The maximum Gasteiger partial charge on any atom is 0.322 e. The van der Waals surface area contributed by atoms with Crippen LogP contribution >= 0.6 is 0 Å². The lowest BCUT2D eigenvalue weighted by molar-refractivity contribution is -0.134. The first-order valence-electron chi connectivity index (χ1n) is 11.6. The van der Waals surface area contributed by atoms with Crippen LogP contribution in [0.25, 0.3) is 11.4 Å². The first kappa shape index (κ1) is 23.4. The van der Waals surface area contributed by atoms with Crippen LogP contribution in [-0.4, -0.2) is 76.9 Å². The van der Waals surface area contributed by atoms with Gasteiger partial charge in [-0.1, -0.05) is 24.3 Å². The molecule has 2 aromatic rings. The summed E-state index contributed by atoms with van der Waals surface area (Å²) in [5.74, 6) is 1.36. The molecule has 4 rings (SSSR count). The molecule has 2 fully saturated rings. The summed E-state index contributed by atoms with van der Waals surface area (Å²) < 4.78 is 11.8. The molecule has 9 nitrogen and oxygen atoms in total. The summed E-state index contributed by atoms with van der Waals surface area (Å²) in [5, 5.41) is 9.35. The van der Waals surface area contributed by atoms with E-state index in [2.05, 4.69) is 21.8 Å². The highest BCUT2D eigenvalue weighted by atomic mass is 16.5. The number of carbonyl (C=O) groups excluding carboxylic acids is 1. The number of nitrogens with zero attached hydrogens (tertiary/aromatic N) is 5. The lowest BCUT2D eigenvalue weighted by Gasteiger charge is -2.33. The van der Waals surface area contributed by atoms with E-state index < -0.39 is 0 Å². The molecule has 178 valence electrons. The summed E-state index contributed by atoms with van der Waals surface area (Å²) >= 11 is 0. The number of morpholine rings is 1. The topological polar surface area (TPSA) is 101 Å². The number of hydrogen-bond donors (Lipinski definition) is 1. The fourth-order valence-electron chi connectivity index (χ4n) is 4.38. The number of aromatic nitrogens is 3. The minimum absolute atomic E-state index is 0.0125. The normalized spacial score (nSPS) is 23.3. The lowest BCUT2D eigenvalue weighted by atomic mass is 9.86. The van der Waals surface area contributed by atoms with Crippen LogP contribution in [-0.2, 0) is 16.1 Å². The number of amides is 1. The summed E-state index contributed by atoms with van der Waals surface area (Å²) in [6.07, 6.45) is 3.16. The summed E-state index contributed by atoms with van der Waals surface area (Å²) in [7, 11) is 3.61. The molecule has 33 heavy (non-hydrogen) atoms. The average molecular weight is 456 g/mol. The van der Waals surface area contributed by atoms with Crippen molar-refractivity contribution >= 4 is 11.9 Å². The van der Waals surface area contributed by atoms with Crippen LogP contribution in [0.5, 0.6) is 6.01 Å². The van der Waals surface area contributed by atoms with Crippen molar-refractivity contribution in [1.82, 2.24) is 19.9 Å². The molecular weight excluding hydrogens is 422 g/mol. The number of anilines is 1.